The lowest BCUT2D eigenvalue weighted by atomic mass is 10.2. The van der Waals surface area contributed by atoms with Crippen LogP contribution in [0.25, 0.3) is 0 Å². The number of carbonyl (C=O) groups excluding carboxylic acids is 1. The highest BCUT2D eigenvalue weighted by molar-refractivity contribution is 9.10. The fourth-order valence-corrected chi connectivity index (χ4v) is 2.10. The van der Waals surface area contributed by atoms with E-state index in [1.807, 2.05) is 6.07 Å². The number of anilines is 1. The normalized spacial score (nSPS) is 10.5. The molecule has 0 fully saturated rings. The van der Waals surface area contributed by atoms with Crippen molar-refractivity contribution in [3.63, 3.8) is 0 Å². The molecule has 1 amide bonds. The van der Waals surface area contributed by atoms with E-state index >= 15 is 0 Å². The van der Waals surface area contributed by atoms with E-state index in [9.17, 15) is 4.79 Å². The molecule has 0 unspecified atom stereocenters. The van der Waals surface area contributed by atoms with Gasteiger partial charge in [-0.25, -0.2) is 0 Å². The number of amides is 1. The van der Waals surface area contributed by atoms with Crippen molar-refractivity contribution >= 4 is 39.1 Å². The minimum Gasteiger partial charge on any atom is -0.452 e. The van der Waals surface area contributed by atoms with Gasteiger partial charge in [-0.1, -0.05) is 11.6 Å². The third-order valence-electron chi connectivity index (χ3n) is 2.61. The first-order valence-electron chi connectivity index (χ1n) is 5.52. The van der Waals surface area contributed by atoms with Crippen LogP contribution in [-0.4, -0.2) is 17.9 Å². The van der Waals surface area contributed by atoms with Crippen molar-refractivity contribution in [3.05, 3.63) is 51.3 Å². The zero-order valence-electron chi connectivity index (χ0n) is 10.2. The van der Waals surface area contributed by atoms with Crippen LogP contribution >= 0.6 is 27.5 Å². The molecule has 0 radical (unpaired) electrons. The first-order chi connectivity index (χ1) is 8.97. The third kappa shape index (κ3) is 3.30. The number of furan rings is 1. The largest absolute Gasteiger partial charge is 0.452 e. The van der Waals surface area contributed by atoms with Gasteiger partial charge < -0.3 is 15.1 Å². The summed E-state index contributed by atoms with van der Waals surface area (Å²) in [6.45, 7) is 0.382. The van der Waals surface area contributed by atoms with Crippen LogP contribution in [0, 0.1) is 0 Å². The molecular formula is C13H12BrClN2O2. The van der Waals surface area contributed by atoms with E-state index in [1.54, 1.807) is 36.2 Å². The number of hydrogen-bond donors (Lipinski definition) is 1. The van der Waals surface area contributed by atoms with E-state index in [-0.39, 0.29) is 5.91 Å². The van der Waals surface area contributed by atoms with Crippen molar-refractivity contribution in [2.24, 2.45) is 0 Å². The van der Waals surface area contributed by atoms with E-state index in [0.29, 0.717) is 33.2 Å². The monoisotopic (exact) mass is 342 g/mol. The number of nitrogen functional groups attached to an aromatic ring is 1. The van der Waals surface area contributed by atoms with Crippen molar-refractivity contribution < 1.29 is 9.21 Å². The molecule has 1 aromatic heterocycles. The number of nitrogens with two attached hydrogens (primary N) is 1. The maximum absolute atomic E-state index is 12.2. The molecule has 0 atom stereocenters. The van der Waals surface area contributed by atoms with Gasteiger partial charge in [0.25, 0.3) is 5.91 Å². The molecule has 0 saturated heterocycles. The molecule has 2 N–H and O–H groups in total. The third-order valence-corrected chi connectivity index (χ3v) is 3.38. The van der Waals surface area contributed by atoms with Gasteiger partial charge in [-0.2, -0.15) is 0 Å². The van der Waals surface area contributed by atoms with Gasteiger partial charge in [0.1, 0.15) is 5.76 Å². The Morgan fingerprint density at radius 1 is 1.42 bits per heavy atom. The van der Waals surface area contributed by atoms with Crippen LogP contribution in [-0.2, 0) is 6.54 Å². The van der Waals surface area contributed by atoms with Gasteiger partial charge >= 0.3 is 0 Å². The number of carbonyl (C=O) groups is 1. The molecule has 0 aliphatic heterocycles. The van der Waals surface area contributed by atoms with Gasteiger partial charge in [-0.3, -0.25) is 4.79 Å². The smallest absolute Gasteiger partial charge is 0.254 e. The molecule has 0 bridgehead atoms. The van der Waals surface area contributed by atoms with Gasteiger partial charge in [0, 0.05) is 12.6 Å². The molecule has 0 aliphatic rings. The molecular weight excluding hydrogens is 332 g/mol. The summed E-state index contributed by atoms with van der Waals surface area (Å²) in [5.74, 6) is 0.556. The Morgan fingerprint density at radius 3 is 2.74 bits per heavy atom. The molecule has 1 heterocycles. The number of halogens is 2. The van der Waals surface area contributed by atoms with Crippen LogP contribution in [0.4, 0.5) is 5.69 Å². The standard InChI is InChI=1S/C13H12BrClN2O2/c1-17(7-9-3-5-12(14)19-9)13(18)8-2-4-10(15)11(16)6-8/h2-6H,7,16H2,1H3. The SMILES string of the molecule is CN(Cc1ccc(Br)o1)C(=O)c1ccc(Cl)c(N)c1. The average Bonchev–Trinajstić information content (AvgIpc) is 2.77. The van der Waals surface area contributed by atoms with Crippen LogP contribution in [0.15, 0.2) is 39.4 Å². The average molecular weight is 344 g/mol. The molecule has 0 spiro atoms. The van der Waals surface area contributed by atoms with Crippen LogP contribution in [0.5, 0.6) is 0 Å². The first-order valence-corrected chi connectivity index (χ1v) is 6.69. The van der Waals surface area contributed by atoms with E-state index in [2.05, 4.69) is 15.9 Å². The Hall–Kier alpha value is -1.46. The number of rotatable bonds is 3. The van der Waals surface area contributed by atoms with E-state index < -0.39 is 0 Å². The van der Waals surface area contributed by atoms with Gasteiger partial charge in [0.05, 0.1) is 17.3 Å². The fourth-order valence-electron chi connectivity index (χ4n) is 1.64. The molecule has 1 aromatic carbocycles. The zero-order chi connectivity index (χ0) is 14.0. The van der Waals surface area contributed by atoms with Gasteiger partial charge in [-0.05, 0) is 46.3 Å². The first kappa shape index (κ1) is 14.0. The molecule has 2 rings (SSSR count). The highest BCUT2D eigenvalue weighted by atomic mass is 79.9. The highest BCUT2D eigenvalue weighted by Crippen LogP contribution is 2.21. The van der Waals surface area contributed by atoms with Gasteiger partial charge in [0.2, 0.25) is 0 Å². The van der Waals surface area contributed by atoms with Crippen LogP contribution in [0.2, 0.25) is 5.02 Å². The molecule has 0 aliphatic carbocycles. The topological polar surface area (TPSA) is 59.5 Å². The summed E-state index contributed by atoms with van der Waals surface area (Å²) in [7, 11) is 1.70. The second-order valence-electron chi connectivity index (χ2n) is 4.10. The van der Waals surface area contributed by atoms with Gasteiger partial charge in [0.15, 0.2) is 4.67 Å². The van der Waals surface area contributed by atoms with Crippen molar-refractivity contribution in [2.45, 2.75) is 6.54 Å². The van der Waals surface area contributed by atoms with Gasteiger partial charge in [-0.15, -0.1) is 0 Å². The molecule has 19 heavy (non-hydrogen) atoms. The van der Waals surface area contributed by atoms with Crippen LogP contribution in [0.3, 0.4) is 0 Å². The molecule has 6 heteroatoms. The zero-order valence-corrected chi connectivity index (χ0v) is 12.5. The van der Waals surface area contributed by atoms with Crippen molar-refractivity contribution in [1.82, 2.24) is 4.90 Å². The second-order valence-corrected chi connectivity index (χ2v) is 5.29. The molecule has 0 saturated carbocycles. The van der Waals surface area contributed by atoms with E-state index in [0.717, 1.165) is 0 Å². The van der Waals surface area contributed by atoms with E-state index in [1.165, 1.54) is 0 Å². The molecule has 100 valence electrons. The lowest BCUT2D eigenvalue weighted by molar-refractivity contribution is 0.0775. The van der Waals surface area contributed by atoms with Crippen LogP contribution in [0.1, 0.15) is 16.1 Å². The molecule has 4 nitrogen and oxygen atoms in total. The van der Waals surface area contributed by atoms with Crippen molar-refractivity contribution in [2.75, 3.05) is 12.8 Å². The summed E-state index contributed by atoms with van der Waals surface area (Å²) < 4.78 is 6.00. The Balaban J connectivity index is 2.12. The summed E-state index contributed by atoms with van der Waals surface area (Å²) in [4.78, 5) is 13.7. The molecule has 2 aromatic rings. The predicted octanol–water partition coefficient (Wildman–Crippen LogP) is 3.55. The Bertz CT molecular complexity index is 612. The summed E-state index contributed by atoms with van der Waals surface area (Å²) in [5.41, 5.74) is 6.57. The van der Waals surface area contributed by atoms with E-state index in [4.69, 9.17) is 21.8 Å². The Morgan fingerprint density at radius 2 is 2.16 bits per heavy atom. The second kappa shape index (κ2) is 5.67. The Labute approximate surface area is 124 Å². The predicted molar refractivity (Wildman–Crippen MR) is 78.1 cm³/mol. The summed E-state index contributed by atoms with van der Waals surface area (Å²) in [6, 6.07) is 8.42. The lowest BCUT2D eigenvalue weighted by Gasteiger charge is -2.16. The minimum absolute atomic E-state index is 0.143. The maximum Gasteiger partial charge on any atom is 0.254 e. The summed E-state index contributed by atoms with van der Waals surface area (Å²) in [6.07, 6.45) is 0. The maximum atomic E-state index is 12.2. The Kier molecular flexibility index (Phi) is 4.17. The fraction of sp³-hybridized carbons (Fsp3) is 0.154. The quantitative estimate of drug-likeness (QED) is 0.867. The summed E-state index contributed by atoms with van der Waals surface area (Å²) >= 11 is 9.05. The van der Waals surface area contributed by atoms with Crippen LogP contribution < -0.4 is 5.73 Å². The van der Waals surface area contributed by atoms with Crippen molar-refractivity contribution in [3.8, 4) is 0 Å². The highest BCUT2D eigenvalue weighted by Gasteiger charge is 2.14. The number of nitrogens with zero attached hydrogens (tertiary/aromatic N) is 1. The minimum atomic E-state index is -0.143. The summed E-state index contributed by atoms with van der Waals surface area (Å²) in [5, 5.41) is 0.439. The number of hydrogen-bond acceptors (Lipinski definition) is 3. The van der Waals surface area contributed by atoms with Crippen molar-refractivity contribution in [1.29, 1.82) is 0 Å². The number of benzene rings is 1. The lowest BCUT2D eigenvalue weighted by Crippen LogP contribution is -2.26.